The normalized spacial score (nSPS) is 10.7. The molecule has 20 heavy (non-hydrogen) atoms. The maximum atomic E-state index is 11.2. The molecule has 0 saturated heterocycles. The predicted octanol–water partition coefficient (Wildman–Crippen LogP) is 1.93. The molecule has 100 valence electrons. The molecule has 0 unspecified atom stereocenters. The highest BCUT2D eigenvalue weighted by Crippen LogP contribution is 2.20. The van der Waals surface area contributed by atoms with Crippen molar-refractivity contribution in [1.29, 1.82) is 0 Å². The Hall–Kier alpha value is -2.89. The van der Waals surface area contributed by atoms with Gasteiger partial charge in [-0.25, -0.2) is 4.68 Å². The number of nitrogens with zero attached hydrogens (tertiary/aromatic N) is 3. The zero-order valence-electron chi connectivity index (χ0n) is 10.8. The lowest BCUT2D eigenvalue weighted by Gasteiger charge is -2.03. The van der Waals surface area contributed by atoms with Crippen molar-refractivity contribution in [3.63, 3.8) is 0 Å². The van der Waals surface area contributed by atoms with E-state index in [0.717, 1.165) is 22.5 Å². The third kappa shape index (κ3) is 2.07. The highest BCUT2D eigenvalue weighted by molar-refractivity contribution is 5.92. The molecule has 1 amide bonds. The van der Waals surface area contributed by atoms with Gasteiger partial charge in [0.05, 0.1) is 5.69 Å². The highest BCUT2D eigenvalue weighted by atomic mass is 16.5. The molecule has 0 radical (unpaired) electrons. The second kappa shape index (κ2) is 4.65. The van der Waals surface area contributed by atoms with Gasteiger partial charge in [-0.2, -0.15) is 5.10 Å². The fourth-order valence-electron chi connectivity index (χ4n) is 2.01. The summed E-state index contributed by atoms with van der Waals surface area (Å²) in [6.45, 7) is 1.80. The van der Waals surface area contributed by atoms with E-state index in [1.165, 1.54) is 6.26 Å². The van der Waals surface area contributed by atoms with Crippen LogP contribution in [0, 0.1) is 6.92 Å². The van der Waals surface area contributed by atoms with E-state index in [9.17, 15) is 4.79 Å². The van der Waals surface area contributed by atoms with Gasteiger partial charge in [-0.15, -0.1) is 0 Å². The summed E-state index contributed by atoms with van der Waals surface area (Å²) >= 11 is 0. The molecule has 3 rings (SSSR count). The fourth-order valence-corrected chi connectivity index (χ4v) is 2.01. The number of hydrogen-bond donors (Lipinski definition) is 1. The Kier molecular flexibility index (Phi) is 2.83. The van der Waals surface area contributed by atoms with Crippen molar-refractivity contribution in [3.05, 3.63) is 54.0 Å². The maximum Gasteiger partial charge on any atom is 0.269 e. The molecule has 1 aromatic carbocycles. The highest BCUT2D eigenvalue weighted by Gasteiger charge is 2.12. The number of aromatic nitrogens is 3. The van der Waals surface area contributed by atoms with Crippen LogP contribution in [-0.2, 0) is 0 Å². The number of benzene rings is 1. The number of carbonyl (C=O) groups excluding carboxylic acids is 1. The van der Waals surface area contributed by atoms with Gasteiger partial charge in [0, 0.05) is 23.4 Å². The molecule has 2 N–H and O–H groups in total. The zero-order valence-corrected chi connectivity index (χ0v) is 10.8. The van der Waals surface area contributed by atoms with Crippen LogP contribution in [0.15, 0.2) is 47.3 Å². The summed E-state index contributed by atoms with van der Waals surface area (Å²) in [5.74, 6) is -0.533. The van der Waals surface area contributed by atoms with Gasteiger partial charge in [0.25, 0.3) is 5.91 Å². The van der Waals surface area contributed by atoms with E-state index in [1.54, 1.807) is 23.9 Å². The molecule has 0 saturated carbocycles. The van der Waals surface area contributed by atoms with Crippen LogP contribution in [0.4, 0.5) is 0 Å². The first-order valence-electron chi connectivity index (χ1n) is 6.02. The minimum atomic E-state index is -0.533. The van der Waals surface area contributed by atoms with E-state index in [-0.39, 0.29) is 5.69 Å². The molecule has 6 nitrogen and oxygen atoms in total. The van der Waals surface area contributed by atoms with Gasteiger partial charge in [-0.1, -0.05) is 17.3 Å². The Balaban J connectivity index is 2.05. The predicted molar refractivity (Wildman–Crippen MR) is 72.3 cm³/mol. The molecule has 0 aliphatic carbocycles. The summed E-state index contributed by atoms with van der Waals surface area (Å²) in [4.78, 5) is 11.2. The molecule has 0 fully saturated rings. The minimum absolute atomic E-state index is 0.275. The quantitative estimate of drug-likeness (QED) is 0.786. The number of nitrogens with two attached hydrogens (primary N) is 1. The fraction of sp³-hybridized carbons (Fsp3) is 0.0714. The van der Waals surface area contributed by atoms with E-state index in [1.807, 2.05) is 24.3 Å². The lowest BCUT2D eigenvalue weighted by molar-refractivity contribution is 0.0994. The number of rotatable bonds is 3. The topological polar surface area (TPSA) is 86.9 Å². The molecule has 0 spiro atoms. The maximum absolute atomic E-state index is 11.2. The van der Waals surface area contributed by atoms with Gasteiger partial charge < -0.3 is 10.3 Å². The van der Waals surface area contributed by atoms with Crippen molar-refractivity contribution >= 4 is 5.91 Å². The SMILES string of the molecule is Cc1cn(-c2cccc(-c3ccon3)c2)nc1C(N)=O. The lowest BCUT2D eigenvalue weighted by Crippen LogP contribution is -2.13. The first kappa shape index (κ1) is 12.2. The van der Waals surface area contributed by atoms with Gasteiger partial charge in [-0.05, 0) is 19.1 Å². The van der Waals surface area contributed by atoms with Crippen LogP contribution < -0.4 is 5.73 Å². The van der Waals surface area contributed by atoms with Crippen LogP contribution >= 0.6 is 0 Å². The molecule has 0 bridgehead atoms. The summed E-state index contributed by atoms with van der Waals surface area (Å²) < 4.78 is 6.46. The lowest BCUT2D eigenvalue weighted by atomic mass is 10.1. The monoisotopic (exact) mass is 268 g/mol. The largest absolute Gasteiger partial charge is 0.364 e. The van der Waals surface area contributed by atoms with E-state index < -0.39 is 5.91 Å². The van der Waals surface area contributed by atoms with Crippen LogP contribution in [-0.4, -0.2) is 20.8 Å². The summed E-state index contributed by atoms with van der Waals surface area (Å²) in [6.07, 6.45) is 3.28. The van der Waals surface area contributed by atoms with Crippen molar-refractivity contribution in [3.8, 4) is 16.9 Å². The Bertz CT molecular complexity index is 759. The second-order valence-corrected chi connectivity index (χ2v) is 4.40. The van der Waals surface area contributed by atoms with Crippen molar-refractivity contribution in [2.75, 3.05) is 0 Å². The molecule has 0 aliphatic heterocycles. The number of amides is 1. The molecule has 2 heterocycles. The summed E-state index contributed by atoms with van der Waals surface area (Å²) in [7, 11) is 0. The Morgan fingerprint density at radius 1 is 1.35 bits per heavy atom. The molecule has 3 aromatic rings. The second-order valence-electron chi connectivity index (χ2n) is 4.40. The summed E-state index contributed by atoms with van der Waals surface area (Å²) in [6, 6.07) is 9.39. The number of hydrogen-bond acceptors (Lipinski definition) is 4. The molecular formula is C14H12N4O2. The van der Waals surface area contributed by atoms with Crippen molar-refractivity contribution in [2.24, 2.45) is 5.73 Å². The van der Waals surface area contributed by atoms with E-state index in [0.29, 0.717) is 0 Å². The summed E-state index contributed by atoms with van der Waals surface area (Å²) in [5, 5.41) is 8.09. The van der Waals surface area contributed by atoms with Crippen LogP contribution in [0.25, 0.3) is 16.9 Å². The van der Waals surface area contributed by atoms with Crippen LogP contribution in [0.1, 0.15) is 16.1 Å². The van der Waals surface area contributed by atoms with E-state index in [4.69, 9.17) is 10.3 Å². The third-order valence-corrected chi connectivity index (χ3v) is 2.97. The average Bonchev–Trinajstić information content (AvgIpc) is 3.08. The average molecular weight is 268 g/mol. The van der Waals surface area contributed by atoms with Gasteiger partial charge >= 0.3 is 0 Å². The van der Waals surface area contributed by atoms with Crippen LogP contribution in [0.2, 0.25) is 0 Å². The Labute approximate surface area is 114 Å². The molecular weight excluding hydrogens is 256 g/mol. The van der Waals surface area contributed by atoms with Gasteiger partial charge in [0.1, 0.15) is 12.0 Å². The summed E-state index contributed by atoms with van der Waals surface area (Å²) in [5.41, 5.74) is 8.76. The van der Waals surface area contributed by atoms with Crippen molar-refractivity contribution in [1.82, 2.24) is 14.9 Å². The smallest absolute Gasteiger partial charge is 0.269 e. The van der Waals surface area contributed by atoms with Gasteiger partial charge in [0.15, 0.2) is 5.69 Å². The Morgan fingerprint density at radius 2 is 2.20 bits per heavy atom. The third-order valence-electron chi connectivity index (χ3n) is 2.97. The zero-order chi connectivity index (χ0) is 14.1. The minimum Gasteiger partial charge on any atom is -0.364 e. The van der Waals surface area contributed by atoms with Crippen LogP contribution in [0.3, 0.4) is 0 Å². The Morgan fingerprint density at radius 3 is 2.85 bits per heavy atom. The van der Waals surface area contributed by atoms with Crippen LogP contribution in [0.5, 0.6) is 0 Å². The number of aryl methyl sites for hydroxylation is 1. The number of carbonyl (C=O) groups is 1. The van der Waals surface area contributed by atoms with Crippen molar-refractivity contribution in [2.45, 2.75) is 6.92 Å². The standard InChI is InChI=1S/C14H12N4O2/c1-9-8-18(16-13(9)14(15)19)11-4-2-3-10(7-11)12-5-6-20-17-12/h2-8H,1H3,(H2,15,19). The van der Waals surface area contributed by atoms with E-state index >= 15 is 0 Å². The molecule has 0 atom stereocenters. The van der Waals surface area contributed by atoms with E-state index in [2.05, 4.69) is 10.3 Å². The molecule has 0 aliphatic rings. The first-order valence-corrected chi connectivity index (χ1v) is 6.02. The van der Waals surface area contributed by atoms with Crippen molar-refractivity contribution < 1.29 is 9.32 Å². The molecule has 2 aromatic heterocycles. The first-order chi connectivity index (χ1) is 9.65. The number of primary amides is 1. The van der Waals surface area contributed by atoms with Gasteiger partial charge in [-0.3, -0.25) is 4.79 Å². The van der Waals surface area contributed by atoms with Gasteiger partial charge in [0.2, 0.25) is 0 Å². The molecule has 6 heteroatoms.